The molecule has 3 atom stereocenters. The standard InChI is InChI=1S/C23H28FN3O5/c1-22(2,3)32-21(30)27-17-10-23(11-18(17)28,20(29)31-4)9-14-6-5-7-15(8-14)19-25-12-16(24)13-26-19/h5-8,12-13,17-18,28H,9-11H2,1-4H3,(H,27,30)/t17-,18+,23-/m1/s1. The van der Waals surface area contributed by atoms with E-state index in [0.717, 1.165) is 18.0 Å². The Morgan fingerprint density at radius 2 is 1.94 bits per heavy atom. The summed E-state index contributed by atoms with van der Waals surface area (Å²) in [4.78, 5) is 33.0. The predicted octanol–water partition coefficient (Wildman–Crippen LogP) is 3.03. The molecule has 32 heavy (non-hydrogen) atoms. The average Bonchev–Trinajstić information content (AvgIpc) is 3.02. The highest BCUT2D eigenvalue weighted by Crippen LogP contribution is 2.43. The first-order chi connectivity index (χ1) is 15.0. The number of rotatable bonds is 5. The molecule has 2 aromatic rings. The molecule has 2 N–H and O–H groups in total. The first kappa shape index (κ1) is 23.6. The predicted molar refractivity (Wildman–Crippen MR) is 114 cm³/mol. The van der Waals surface area contributed by atoms with Crippen molar-refractivity contribution in [2.75, 3.05) is 7.11 Å². The van der Waals surface area contributed by atoms with E-state index in [4.69, 9.17) is 9.47 Å². The molecule has 0 spiro atoms. The molecule has 1 saturated carbocycles. The summed E-state index contributed by atoms with van der Waals surface area (Å²) >= 11 is 0. The van der Waals surface area contributed by atoms with Gasteiger partial charge in [-0.15, -0.1) is 0 Å². The third-order valence-corrected chi connectivity index (χ3v) is 5.34. The van der Waals surface area contributed by atoms with Crippen LogP contribution in [-0.2, 0) is 20.7 Å². The Morgan fingerprint density at radius 1 is 1.25 bits per heavy atom. The van der Waals surface area contributed by atoms with Gasteiger partial charge in [0.25, 0.3) is 0 Å². The number of amides is 1. The van der Waals surface area contributed by atoms with Gasteiger partial charge in [0.05, 0.1) is 37.1 Å². The van der Waals surface area contributed by atoms with E-state index in [9.17, 15) is 19.1 Å². The Morgan fingerprint density at radius 3 is 2.56 bits per heavy atom. The highest BCUT2D eigenvalue weighted by Gasteiger charge is 2.51. The van der Waals surface area contributed by atoms with Crippen molar-refractivity contribution in [2.24, 2.45) is 5.41 Å². The molecule has 1 aromatic carbocycles. The first-order valence-electron chi connectivity index (χ1n) is 10.3. The Kier molecular flexibility index (Phi) is 6.78. The van der Waals surface area contributed by atoms with Crippen molar-refractivity contribution in [3.05, 3.63) is 48.0 Å². The van der Waals surface area contributed by atoms with Gasteiger partial charge < -0.3 is 19.9 Å². The molecule has 8 nitrogen and oxygen atoms in total. The van der Waals surface area contributed by atoms with Crippen molar-refractivity contribution in [3.63, 3.8) is 0 Å². The van der Waals surface area contributed by atoms with Gasteiger partial charge in [-0.25, -0.2) is 19.2 Å². The summed E-state index contributed by atoms with van der Waals surface area (Å²) in [6, 6.07) is 6.59. The van der Waals surface area contributed by atoms with Gasteiger partial charge in [-0.1, -0.05) is 18.2 Å². The van der Waals surface area contributed by atoms with Crippen LogP contribution < -0.4 is 5.32 Å². The van der Waals surface area contributed by atoms with Crippen molar-refractivity contribution in [3.8, 4) is 11.4 Å². The van der Waals surface area contributed by atoms with E-state index < -0.39 is 41.0 Å². The van der Waals surface area contributed by atoms with Crippen LogP contribution in [0.25, 0.3) is 11.4 Å². The van der Waals surface area contributed by atoms with Gasteiger partial charge in [0.15, 0.2) is 11.6 Å². The number of aliphatic hydroxyl groups is 1. The summed E-state index contributed by atoms with van der Waals surface area (Å²) < 4.78 is 23.5. The van der Waals surface area contributed by atoms with Crippen LogP contribution in [0.3, 0.4) is 0 Å². The largest absolute Gasteiger partial charge is 0.469 e. The molecule has 1 heterocycles. The van der Waals surface area contributed by atoms with Gasteiger partial charge in [-0.2, -0.15) is 0 Å². The minimum absolute atomic E-state index is 0.122. The summed E-state index contributed by atoms with van der Waals surface area (Å²) in [5.41, 5.74) is -0.248. The number of methoxy groups -OCH3 is 1. The molecule has 1 aliphatic rings. The van der Waals surface area contributed by atoms with Gasteiger partial charge in [-0.05, 0) is 51.7 Å². The van der Waals surface area contributed by atoms with E-state index in [-0.39, 0.29) is 19.3 Å². The fourth-order valence-electron chi connectivity index (χ4n) is 4.06. The summed E-state index contributed by atoms with van der Waals surface area (Å²) in [7, 11) is 1.30. The summed E-state index contributed by atoms with van der Waals surface area (Å²) in [5.74, 6) is -0.636. The fraction of sp³-hybridized carbons (Fsp3) is 0.478. The lowest BCUT2D eigenvalue weighted by Gasteiger charge is -2.27. The number of nitrogens with one attached hydrogen (secondary N) is 1. The summed E-state index contributed by atoms with van der Waals surface area (Å²) in [5, 5.41) is 13.3. The van der Waals surface area contributed by atoms with Crippen molar-refractivity contribution in [1.82, 2.24) is 15.3 Å². The lowest BCUT2D eigenvalue weighted by Crippen LogP contribution is -2.43. The molecule has 172 valence electrons. The topological polar surface area (TPSA) is 111 Å². The summed E-state index contributed by atoms with van der Waals surface area (Å²) in [6.45, 7) is 5.23. The number of hydrogen-bond acceptors (Lipinski definition) is 7. The van der Waals surface area contributed by atoms with Crippen LogP contribution in [0.2, 0.25) is 0 Å². The number of benzene rings is 1. The third kappa shape index (κ3) is 5.59. The van der Waals surface area contributed by atoms with E-state index in [1.807, 2.05) is 12.1 Å². The molecule has 3 rings (SSSR count). The van der Waals surface area contributed by atoms with Crippen molar-refractivity contribution in [2.45, 2.75) is 57.8 Å². The minimum Gasteiger partial charge on any atom is -0.469 e. The van der Waals surface area contributed by atoms with Crippen molar-refractivity contribution >= 4 is 12.1 Å². The Balaban J connectivity index is 1.82. The van der Waals surface area contributed by atoms with Crippen LogP contribution in [0.5, 0.6) is 0 Å². The quantitative estimate of drug-likeness (QED) is 0.681. The first-order valence-corrected chi connectivity index (χ1v) is 10.3. The number of carbonyl (C=O) groups excluding carboxylic acids is 2. The SMILES string of the molecule is COC(=O)[C@@]1(Cc2cccc(-c3ncc(F)cn3)c2)C[C@H](O)[C@H](NC(=O)OC(C)(C)C)C1. The van der Waals surface area contributed by atoms with E-state index in [0.29, 0.717) is 11.4 Å². The molecule has 0 unspecified atom stereocenters. The van der Waals surface area contributed by atoms with Crippen molar-refractivity contribution < 1.29 is 28.6 Å². The van der Waals surface area contributed by atoms with Gasteiger partial charge in [0.2, 0.25) is 0 Å². The van der Waals surface area contributed by atoms with Crippen LogP contribution in [0, 0.1) is 11.2 Å². The second-order valence-corrected chi connectivity index (χ2v) is 9.10. The number of ether oxygens (including phenoxy) is 2. The molecule has 1 amide bonds. The molecule has 0 saturated heterocycles. The highest BCUT2D eigenvalue weighted by molar-refractivity contribution is 5.78. The van der Waals surface area contributed by atoms with Gasteiger partial charge in [0, 0.05) is 5.56 Å². The number of halogens is 1. The van der Waals surface area contributed by atoms with Crippen LogP contribution in [0.4, 0.5) is 9.18 Å². The lowest BCUT2D eigenvalue weighted by molar-refractivity contribution is -0.153. The van der Waals surface area contributed by atoms with Crippen LogP contribution in [0.1, 0.15) is 39.2 Å². The van der Waals surface area contributed by atoms with Crippen LogP contribution in [0.15, 0.2) is 36.7 Å². The molecular formula is C23H28FN3O5. The zero-order valence-electron chi connectivity index (χ0n) is 18.6. The van der Waals surface area contributed by atoms with E-state index >= 15 is 0 Å². The maximum Gasteiger partial charge on any atom is 0.407 e. The number of carbonyl (C=O) groups is 2. The molecular weight excluding hydrogens is 417 g/mol. The number of esters is 1. The van der Waals surface area contributed by atoms with Gasteiger partial charge in [-0.3, -0.25) is 4.79 Å². The molecule has 1 fully saturated rings. The number of alkyl carbamates (subject to hydrolysis) is 1. The molecule has 9 heteroatoms. The Hall–Kier alpha value is -3.07. The fourth-order valence-corrected chi connectivity index (χ4v) is 4.06. The zero-order chi connectivity index (χ0) is 23.5. The molecule has 1 aliphatic carbocycles. The van der Waals surface area contributed by atoms with E-state index in [1.54, 1.807) is 32.9 Å². The van der Waals surface area contributed by atoms with Crippen LogP contribution in [-0.4, -0.2) is 52.0 Å². The monoisotopic (exact) mass is 445 g/mol. The normalized spacial score (nSPS) is 22.9. The average molecular weight is 445 g/mol. The van der Waals surface area contributed by atoms with Gasteiger partial charge >= 0.3 is 12.1 Å². The number of aromatic nitrogens is 2. The smallest absolute Gasteiger partial charge is 0.407 e. The molecule has 0 radical (unpaired) electrons. The number of nitrogens with zero attached hydrogens (tertiary/aromatic N) is 2. The second kappa shape index (κ2) is 9.20. The van der Waals surface area contributed by atoms with Gasteiger partial charge in [0.1, 0.15) is 5.60 Å². The molecule has 0 bridgehead atoms. The molecule has 0 aliphatic heterocycles. The third-order valence-electron chi connectivity index (χ3n) is 5.34. The van der Waals surface area contributed by atoms with E-state index in [2.05, 4.69) is 15.3 Å². The van der Waals surface area contributed by atoms with Crippen LogP contribution >= 0.6 is 0 Å². The second-order valence-electron chi connectivity index (χ2n) is 9.10. The molecule has 1 aromatic heterocycles. The lowest BCUT2D eigenvalue weighted by atomic mass is 9.79. The maximum atomic E-state index is 13.1. The van der Waals surface area contributed by atoms with E-state index in [1.165, 1.54) is 7.11 Å². The number of aliphatic hydroxyl groups excluding tert-OH is 1. The Bertz CT molecular complexity index is 976. The minimum atomic E-state index is -1.03. The van der Waals surface area contributed by atoms with Crippen molar-refractivity contribution in [1.29, 1.82) is 0 Å². The maximum absolute atomic E-state index is 13.1. The number of hydrogen-bond donors (Lipinski definition) is 2. The highest BCUT2D eigenvalue weighted by atomic mass is 19.1. The zero-order valence-corrected chi connectivity index (χ0v) is 18.6. The summed E-state index contributed by atoms with van der Waals surface area (Å²) in [6.07, 6.45) is 1.17. The Labute approximate surface area is 186 Å².